The van der Waals surface area contributed by atoms with Crippen molar-refractivity contribution in [3.63, 3.8) is 0 Å². The smallest absolute Gasteiger partial charge is 0.390 e. The van der Waals surface area contributed by atoms with Crippen LogP contribution >= 0.6 is 15.9 Å². The van der Waals surface area contributed by atoms with Crippen LogP contribution in [0.5, 0.6) is 5.75 Å². The molecule has 19 heavy (non-hydrogen) atoms. The van der Waals surface area contributed by atoms with Gasteiger partial charge in [-0.05, 0) is 33.6 Å². The lowest BCUT2D eigenvalue weighted by molar-refractivity contribution is -0.138. The van der Waals surface area contributed by atoms with Crippen molar-refractivity contribution in [3.8, 4) is 5.75 Å². The first-order chi connectivity index (χ1) is 8.83. The summed E-state index contributed by atoms with van der Waals surface area (Å²) in [6.45, 7) is 0.796. The van der Waals surface area contributed by atoms with Gasteiger partial charge in [0, 0.05) is 13.2 Å². The molecule has 7 heteroatoms. The zero-order chi connectivity index (χ0) is 14.5. The van der Waals surface area contributed by atoms with Crippen LogP contribution in [-0.2, 0) is 4.74 Å². The third-order valence-electron chi connectivity index (χ3n) is 2.38. The monoisotopic (exact) mass is 341 g/mol. The zero-order valence-corrected chi connectivity index (χ0v) is 11.9. The topological polar surface area (TPSA) is 44.5 Å². The molecule has 0 heterocycles. The van der Waals surface area contributed by atoms with Gasteiger partial charge in [0.25, 0.3) is 0 Å². The van der Waals surface area contributed by atoms with Gasteiger partial charge < -0.3 is 15.2 Å². The van der Waals surface area contributed by atoms with Crippen LogP contribution in [0, 0.1) is 0 Å². The van der Waals surface area contributed by atoms with E-state index in [0.29, 0.717) is 29.0 Å². The molecule has 2 N–H and O–H groups in total. The van der Waals surface area contributed by atoms with Gasteiger partial charge in [-0.15, -0.1) is 0 Å². The van der Waals surface area contributed by atoms with Crippen molar-refractivity contribution < 1.29 is 22.6 Å². The molecule has 1 aromatic rings. The minimum absolute atomic E-state index is 0.364. The van der Waals surface area contributed by atoms with E-state index in [-0.39, 0.29) is 0 Å². The molecule has 3 nitrogen and oxygen atoms in total. The van der Waals surface area contributed by atoms with Crippen molar-refractivity contribution in [2.75, 3.05) is 20.3 Å². The molecule has 0 radical (unpaired) electrons. The summed E-state index contributed by atoms with van der Waals surface area (Å²) in [6.07, 6.45) is -5.33. The number of hydrogen-bond acceptors (Lipinski definition) is 3. The number of alkyl halides is 3. The van der Waals surface area contributed by atoms with Gasteiger partial charge in [0.1, 0.15) is 12.4 Å². The molecule has 108 valence electrons. The molecule has 0 bridgehead atoms. The summed E-state index contributed by atoms with van der Waals surface area (Å²) < 4.78 is 47.5. The lowest BCUT2D eigenvalue weighted by Crippen LogP contribution is -2.20. The van der Waals surface area contributed by atoms with Crippen molar-refractivity contribution in [1.82, 2.24) is 0 Å². The number of halogens is 4. The second kappa shape index (κ2) is 7.12. The van der Waals surface area contributed by atoms with Crippen LogP contribution < -0.4 is 10.5 Å². The third-order valence-corrected chi connectivity index (χ3v) is 3.00. The summed E-state index contributed by atoms with van der Waals surface area (Å²) >= 11 is 3.24. The average molecular weight is 342 g/mol. The molecule has 0 saturated heterocycles. The fourth-order valence-electron chi connectivity index (χ4n) is 1.47. The van der Waals surface area contributed by atoms with Crippen LogP contribution in [0.4, 0.5) is 13.2 Å². The standard InChI is InChI=1S/C12H15BrF3NO2/c1-18-4-5-19-11-3-2-8(6-9(11)13)10(17)7-12(14,15)16/h2-3,6,10H,4-5,7,17H2,1H3. The van der Waals surface area contributed by atoms with Gasteiger partial charge in [0.05, 0.1) is 17.5 Å². The molecule has 1 aromatic carbocycles. The van der Waals surface area contributed by atoms with E-state index < -0.39 is 18.6 Å². The summed E-state index contributed by atoms with van der Waals surface area (Å²) in [4.78, 5) is 0. The molecule has 1 rings (SSSR count). The van der Waals surface area contributed by atoms with E-state index in [1.54, 1.807) is 19.2 Å². The summed E-state index contributed by atoms with van der Waals surface area (Å²) in [6, 6.07) is 3.58. The number of benzene rings is 1. The van der Waals surface area contributed by atoms with Crippen molar-refractivity contribution >= 4 is 15.9 Å². The highest BCUT2D eigenvalue weighted by molar-refractivity contribution is 9.10. The van der Waals surface area contributed by atoms with Crippen LogP contribution in [-0.4, -0.2) is 26.5 Å². The Morgan fingerprint density at radius 3 is 2.53 bits per heavy atom. The van der Waals surface area contributed by atoms with Crippen LogP contribution in [0.1, 0.15) is 18.0 Å². The van der Waals surface area contributed by atoms with Gasteiger partial charge in [0.2, 0.25) is 0 Å². The van der Waals surface area contributed by atoms with E-state index in [0.717, 1.165) is 0 Å². The fourth-order valence-corrected chi connectivity index (χ4v) is 1.98. The van der Waals surface area contributed by atoms with Gasteiger partial charge in [-0.25, -0.2) is 0 Å². The Morgan fingerprint density at radius 1 is 1.32 bits per heavy atom. The Kier molecular flexibility index (Phi) is 6.09. The largest absolute Gasteiger partial charge is 0.490 e. The Bertz CT molecular complexity index is 412. The SMILES string of the molecule is COCCOc1ccc(C(N)CC(F)(F)F)cc1Br. The van der Waals surface area contributed by atoms with Crippen LogP contribution in [0.3, 0.4) is 0 Å². The van der Waals surface area contributed by atoms with Crippen molar-refractivity contribution in [2.24, 2.45) is 5.73 Å². The van der Waals surface area contributed by atoms with Gasteiger partial charge in [-0.3, -0.25) is 0 Å². The Hall–Kier alpha value is -0.790. The van der Waals surface area contributed by atoms with Gasteiger partial charge >= 0.3 is 6.18 Å². The first-order valence-electron chi connectivity index (χ1n) is 5.57. The Morgan fingerprint density at radius 2 is 2.00 bits per heavy atom. The van der Waals surface area contributed by atoms with Crippen molar-refractivity contribution in [3.05, 3.63) is 28.2 Å². The number of ether oxygens (including phenoxy) is 2. The molecule has 0 spiro atoms. The molecule has 0 fully saturated rings. The van der Waals surface area contributed by atoms with Gasteiger partial charge in [-0.1, -0.05) is 6.07 Å². The molecular weight excluding hydrogens is 327 g/mol. The molecule has 0 aliphatic heterocycles. The fraction of sp³-hybridized carbons (Fsp3) is 0.500. The quantitative estimate of drug-likeness (QED) is 0.806. The summed E-state index contributed by atoms with van der Waals surface area (Å²) in [5.41, 5.74) is 5.93. The summed E-state index contributed by atoms with van der Waals surface area (Å²) in [7, 11) is 1.55. The minimum Gasteiger partial charge on any atom is -0.490 e. The van der Waals surface area contributed by atoms with Gasteiger partial charge in [-0.2, -0.15) is 13.2 Å². The maximum Gasteiger partial charge on any atom is 0.390 e. The summed E-state index contributed by atoms with van der Waals surface area (Å²) in [5, 5.41) is 0. The van der Waals surface area contributed by atoms with Crippen LogP contribution in [0.25, 0.3) is 0 Å². The Labute approximate surface area is 118 Å². The van der Waals surface area contributed by atoms with E-state index in [9.17, 15) is 13.2 Å². The van der Waals surface area contributed by atoms with E-state index >= 15 is 0 Å². The normalized spacial score (nSPS) is 13.4. The highest BCUT2D eigenvalue weighted by atomic mass is 79.9. The molecule has 0 amide bonds. The first-order valence-corrected chi connectivity index (χ1v) is 6.36. The van der Waals surface area contributed by atoms with Gasteiger partial charge in [0.15, 0.2) is 0 Å². The van der Waals surface area contributed by atoms with E-state index in [1.165, 1.54) is 6.07 Å². The molecule has 1 atom stereocenters. The van der Waals surface area contributed by atoms with Crippen molar-refractivity contribution in [2.45, 2.75) is 18.6 Å². The molecule has 0 aromatic heterocycles. The highest BCUT2D eigenvalue weighted by Crippen LogP contribution is 2.32. The predicted molar refractivity (Wildman–Crippen MR) is 69.1 cm³/mol. The van der Waals surface area contributed by atoms with E-state index in [2.05, 4.69) is 15.9 Å². The zero-order valence-electron chi connectivity index (χ0n) is 10.3. The number of methoxy groups -OCH3 is 1. The van der Waals surface area contributed by atoms with E-state index in [1.807, 2.05) is 0 Å². The first kappa shape index (κ1) is 16.3. The number of rotatable bonds is 6. The molecular formula is C12H15BrF3NO2. The third kappa shape index (κ3) is 5.80. The maximum absolute atomic E-state index is 12.2. The summed E-state index contributed by atoms with van der Waals surface area (Å²) in [5.74, 6) is 0.542. The van der Waals surface area contributed by atoms with Crippen molar-refractivity contribution in [1.29, 1.82) is 0 Å². The highest BCUT2D eigenvalue weighted by Gasteiger charge is 2.31. The maximum atomic E-state index is 12.2. The van der Waals surface area contributed by atoms with E-state index in [4.69, 9.17) is 15.2 Å². The Balaban J connectivity index is 2.70. The molecule has 0 aliphatic carbocycles. The molecule has 0 aliphatic rings. The van der Waals surface area contributed by atoms with Crippen LogP contribution in [0.2, 0.25) is 0 Å². The molecule has 1 unspecified atom stereocenters. The number of hydrogen-bond donors (Lipinski definition) is 1. The second-order valence-electron chi connectivity index (χ2n) is 3.96. The second-order valence-corrected chi connectivity index (χ2v) is 4.81. The van der Waals surface area contributed by atoms with Crippen LogP contribution in [0.15, 0.2) is 22.7 Å². The lowest BCUT2D eigenvalue weighted by Gasteiger charge is -2.16. The number of nitrogens with two attached hydrogens (primary N) is 1. The average Bonchev–Trinajstić information content (AvgIpc) is 2.29. The lowest BCUT2D eigenvalue weighted by atomic mass is 10.0. The predicted octanol–water partition coefficient (Wildman–Crippen LogP) is 3.43. The minimum atomic E-state index is -4.28. The molecule has 0 saturated carbocycles.